The van der Waals surface area contributed by atoms with Gasteiger partial charge in [-0.05, 0) is 31.9 Å². The molecule has 0 atom stereocenters. The van der Waals surface area contributed by atoms with Crippen LogP contribution in [0.3, 0.4) is 0 Å². The van der Waals surface area contributed by atoms with Gasteiger partial charge in [0.2, 0.25) is 0 Å². The fourth-order valence-electron chi connectivity index (χ4n) is 1.90. The Morgan fingerprint density at radius 1 is 1.19 bits per heavy atom. The normalized spacial score (nSPS) is 14.3. The van der Waals surface area contributed by atoms with E-state index in [1.165, 1.54) is 18.5 Å². The molecule has 0 radical (unpaired) electrons. The number of benzene rings is 1. The van der Waals surface area contributed by atoms with Crippen molar-refractivity contribution in [1.29, 1.82) is 0 Å². The highest BCUT2D eigenvalue weighted by atomic mass is 16.1. The molecule has 1 saturated heterocycles. The van der Waals surface area contributed by atoms with E-state index < -0.39 is 0 Å². The first-order chi connectivity index (χ1) is 7.77. The van der Waals surface area contributed by atoms with Crippen LogP contribution >= 0.6 is 0 Å². The standard InChI is InChI=1S/C12H15NO.C2H6/c1-10(14)11-5-4-6-12(9-11)13-7-2-3-8-13;1-2/h4-6,9H,2-3,7-8H2,1H3;1-2H3. The number of hydrogen-bond acceptors (Lipinski definition) is 2. The lowest BCUT2D eigenvalue weighted by atomic mass is 10.1. The highest BCUT2D eigenvalue weighted by molar-refractivity contribution is 5.94. The molecule has 1 aliphatic heterocycles. The van der Waals surface area contributed by atoms with Gasteiger partial charge in [0.1, 0.15) is 0 Å². The zero-order valence-corrected chi connectivity index (χ0v) is 10.5. The average molecular weight is 219 g/mol. The molecule has 0 amide bonds. The Labute approximate surface area is 98.3 Å². The van der Waals surface area contributed by atoms with Crippen molar-refractivity contribution in [3.8, 4) is 0 Å². The van der Waals surface area contributed by atoms with Gasteiger partial charge in [0.25, 0.3) is 0 Å². The fourth-order valence-corrected chi connectivity index (χ4v) is 1.90. The summed E-state index contributed by atoms with van der Waals surface area (Å²) in [5.41, 5.74) is 2.00. The predicted octanol–water partition coefficient (Wildman–Crippen LogP) is 3.52. The van der Waals surface area contributed by atoms with Gasteiger partial charge < -0.3 is 4.90 Å². The van der Waals surface area contributed by atoms with Crippen molar-refractivity contribution >= 4 is 11.5 Å². The SMILES string of the molecule is CC.CC(=O)c1cccc(N2CCCC2)c1. The van der Waals surface area contributed by atoms with Crippen LogP contribution in [0.2, 0.25) is 0 Å². The molecule has 16 heavy (non-hydrogen) atoms. The van der Waals surface area contributed by atoms with Gasteiger partial charge in [0.15, 0.2) is 5.78 Å². The number of rotatable bonds is 2. The predicted molar refractivity (Wildman–Crippen MR) is 69.2 cm³/mol. The molecule has 2 heteroatoms. The van der Waals surface area contributed by atoms with Gasteiger partial charge >= 0.3 is 0 Å². The third kappa shape index (κ3) is 3.09. The summed E-state index contributed by atoms with van der Waals surface area (Å²) in [6.07, 6.45) is 2.54. The summed E-state index contributed by atoms with van der Waals surface area (Å²) >= 11 is 0. The second-order valence-electron chi connectivity index (χ2n) is 3.80. The molecule has 2 nitrogen and oxygen atoms in total. The zero-order valence-electron chi connectivity index (χ0n) is 10.5. The summed E-state index contributed by atoms with van der Waals surface area (Å²) in [6, 6.07) is 7.91. The van der Waals surface area contributed by atoms with E-state index in [2.05, 4.69) is 11.0 Å². The summed E-state index contributed by atoms with van der Waals surface area (Å²) < 4.78 is 0. The zero-order chi connectivity index (χ0) is 12.0. The molecule has 0 aromatic heterocycles. The summed E-state index contributed by atoms with van der Waals surface area (Å²) in [5.74, 6) is 0.144. The maximum absolute atomic E-state index is 11.2. The van der Waals surface area contributed by atoms with Crippen molar-refractivity contribution < 1.29 is 4.79 Å². The number of carbonyl (C=O) groups excluding carboxylic acids is 1. The third-order valence-corrected chi connectivity index (χ3v) is 2.72. The average Bonchev–Trinajstić information content (AvgIpc) is 2.85. The molecule has 0 spiro atoms. The number of anilines is 1. The maximum Gasteiger partial charge on any atom is 0.159 e. The summed E-state index contributed by atoms with van der Waals surface area (Å²) in [7, 11) is 0. The minimum absolute atomic E-state index is 0.144. The molecule has 1 heterocycles. The van der Waals surface area contributed by atoms with Crippen molar-refractivity contribution in [2.75, 3.05) is 18.0 Å². The first-order valence-electron chi connectivity index (χ1n) is 6.13. The summed E-state index contributed by atoms with van der Waals surface area (Å²) in [6.45, 7) is 7.87. The highest BCUT2D eigenvalue weighted by Gasteiger charge is 2.12. The minimum atomic E-state index is 0.144. The summed E-state index contributed by atoms with van der Waals surface area (Å²) in [5, 5.41) is 0. The van der Waals surface area contributed by atoms with E-state index in [9.17, 15) is 4.79 Å². The topological polar surface area (TPSA) is 20.3 Å². The lowest BCUT2D eigenvalue weighted by molar-refractivity contribution is 0.101. The van der Waals surface area contributed by atoms with Crippen LogP contribution in [0.1, 0.15) is 44.0 Å². The van der Waals surface area contributed by atoms with Crippen LogP contribution < -0.4 is 4.90 Å². The molecule has 1 aliphatic rings. The second kappa shape index (κ2) is 6.31. The molecular weight excluding hydrogens is 198 g/mol. The first-order valence-corrected chi connectivity index (χ1v) is 6.13. The summed E-state index contributed by atoms with van der Waals surface area (Å²) in [4.78, 5) is 13.5. The van der Waals surface area contributed by atoms with Gasteiger partial charge in [-0.15, -0.1) is 0 Å². The molecule has 2 rings (SSSR count). The molecule has 1 fully saturated rings. The number of nitrogens with zero attached hydrogens (tertiary/aromatic N) is 1. The largest absolute Gasteiger partial charge is 0.372 e. The van der Waals surface area contributed by atoms with Gasteiger partial charge in [-0.2, -0.15) is 0 Å². The van der Waals surface area contributed by atoms with E-state index in [1.807, 2.05) is 32.0 Å². The lowest BCUT2D eigenvalue weighted by Crippen LogP contribution is -2.17. The molecule has 0 aliphatic carbocycles. The Hall–Kier alpha value is -1.31. The van der Waals surface area contributed by atoms with Crippen molar-refractivity contribution in [2.24, 2.45) is 0 Å². The van der Waals surface area contributed by atoms with Gasteiger partial charge in [-0.1, -0.05) is 26.0 Å². The second-order valence-corrected chi connectivity index (χ2v) is 3.80. The van der Waals surface area contributed by atoms with E-state index in [0.29, 0.717) is 0 Å². The van der Waals surface area contributed by atoms with E-state index in [-0.39, 0.29) is 5.78 Å². The highest BCUT2D eigenvalue weighted by Crippen LogP contribution is 2.21. The maximum atomic E-state index is 11.2. The molecule has 1 aromatic carbocycles. The van der Waals surface area contributed by atoms with E-state index in [1.54, 1.807) is 6.92 Å². The van der Waals surface area contributed by atoms with E-state index in [4.69, 9.17) is 0 Å². The van der Waals surface area contributed by atoms with Crippen molar-refractivity contribution in [2.45, 2.75) is 33.6 Å². The molecule has 0 unspecified atom stereocenters. The molecular formula is C14H21NO. The molecule has 88 valence electrons. The fraction of sp³-hybridized carbons (Fsp3) is 0.500. The van der Waals surface area contributed by atoms with Crippen LogP contribution in [0.15, 0.2) is 24.3 Å². The van der Waals surface area contributed by atoms with Gasteiger partial charge in [-0.3, -0.25) is 4.79 Å². The van der Waals surface area contributed by atoms with Crippen molar-refractivity contribution in [3.05, 3.63) is 29.8 Å². The van der Waals surface area contributed by atoms with Crippen LogP contribution in [0.5, 0.6) is 0 Å². The van der Waals surface area contributed by atoms with Gasteiger partial charge in [0, 0.05) is 24.3 Å². The number of hydrogen-bond donors (Lipinski definition) is 0. The Bertz CT molecular complexity index is 340. The Kier molecular flexibility index (Phi) is 5.03. The number of ketones is 1. The smallest absolute Gasteiger partial charge is 0.159 e. The van der Waals surface area contributed by atoms with Crippen molar-refractivity contribution in [1.82, 2.24) is 0 Å². The van der Waals surface area contributed by atoms with Crippen molar-refractivity contribution in [3.63, 3.8) is 0 Å². The van der Waals surface area contributed by atoms with Crippen LogP contribution in [0.25, 0.3) is 0 Å². The minimum Gasteiger partial charge on any atom is -0.372 e. The lowest BCUT2D eigenvalue weighted by Gasteiger charge is -2.17. The van der Waals surface area contributed by atoms with E-state index in [0.717, 1.165) is 18.7 Å². The molecule has 0 bridgehead atoms. The van der Waals surface area contributed by atoms with Crippen LogP contribution in [-0.4, -0.2) is 18.9 Å². The third-order valence-electron chi connectivity index (χ3n) is 2.72. The molecule has 1 aromatic rings. The van der Waals surface area contributed by atoms with Gasteiger partial charge in [-0.25, -0.2) is 0 Å². The Morgan fingerprint density at radius 3 is 2.38 bits per heavy atom. The number of carbonyl (C=O) groups is 1. The number of Topliss-reactive ketones (excluding diaryl/α,β-unsaturated/α-hetero) is 1. The monoisotopic (exact) mass is 219 g/mol. The van der Waals surface area contributed by atoms with Crippen LogP contribution in [0.4, 0.5) is 5.69 Å². The van der Waals surface area contributed by atoms with Crippen LogP contribution in [-0.2, 0) is 0 Å². The molecule has 0 N–H and O–H groups in total. The first kappa shape index (κ1) is 12.8. The Balaban J connectivity index is 0.000000606. The van der Waals surface area contributed by atoms with Crippen LogP contribution in [0, 0.1) is 0 Å². The quantitative estimate of drug-likeness (QED) is 0.709. The molecule has 0 saturated carbocycles. The van der Waals surface area contributed by atoms with E-state index >= 15 is 0 Å². The Morgan fingerprint density at radius 2 is 1.81 bits per heavy atom. The van der Waals surface area contributed by atoms with Gasteiger partial charge in [0.05, 0.1) is 0 Å².